The second kappa shape index (κ2) is 33.6. The number of nitrogens with zero attached hydrogens (tertiary/aromatic N) is 5. The largest absolute Gasteiger partial charge is 1.00 e. The Morgan fingerprint density at radius 1 is 0.644 bits per heavy atom. The Kier molecular flexibility index (Phi) is 31.1. The van der Waals surface area contributed by atoms with Crippen molar-refractivity contribution in [1.29, 1.82) is 0 Å². The molecule has 4 fully saturated rings. The maximum atomic E-state index is 12.4. The van der Waals surface area contributed by atoms with E-state index < -0.39 is 29.1 Å². The Labute approximate surface area is 468 Å². The van der Waals surface area contributed by atoms with E-state index in [4.69, 9.17) is 32.7 Å². The molecular weight excluding hydrogens is 989 g/mol. The number of piperazine rings is 2. The van der Waals surface area contributed by atoms with Gasteiger partial charge in [0, 0.05) is 126 Å². The van der Waals surface area contributed by atoms with Gasteiger partial charge in [-0.2, -0.15) is 0 Å². The predicted molar refractivity (Wildman–Crippen MR) is 281 cm³/mol. The van der Waals surface area contributed by atoms with Crippen LogP contribution in [-0.2, 0) is 55.9 Å². The van der Waals surface area contributed by atoms with Gasteiger partial charge in [-0.3, -0.25) is 14.5 Å². The van der Waals surface area contributed by atoms with Gasteiger partial charge < -0.3 is 47.1 Å². The molecule has 2 aromatic carbocycles. The molecule has 4 aliphatic rings. The van der Waals surface area contributed by atoms with E-state index in [1.165, 1.54) is 18.1 Å². The van der Waals surface area contributed by atoms with Crippen LogP contribution < -0.4 is 34.9 Å². The molecule has 2 unspecified atom stereocenters. The number of Topliss-reactive ketones (excluding diaryl/α,β-unsaturated/α-hetero) is 1. The van der Waals surface area contributed by atoms with Crippen molar-refractivity contribution in [2.75, 3.05) is 66.5 Å². The number of piperidine rings is 2. The Hall–Kier alpha value is -3.46. The van der Waals surface area contributed by atoms with Crippen LogP contribution in [0.4, 0.5) is 9.59 Å². The van der Waals surface area contributed by atoms with Crippen molar-refractivity contribution in [3.8, 4) is 0 Å². The van der Waals surface area contributed by atoms with Crippen LogP contribution in [0.25, 0.3) is 0 Å². The number of carbonyl (C=O) groups excluding carboxylic acids is 6. The van der Waals surface area contributed by atoms with E-state index in [1.807, 2.05) is 70.7 Å². The molecule has 0 spiro atoms. The van der Waals surface area contributed by atoms with Crippen molar-refractivity contribution in [3.05, 3.63) is 69.7 Å². The molecule has 4 atom stereocenters. The summed E-state index contributed by atoms with van der Waals surface area (Å²) in [6, 6.07) is 19.1. The Morgan fingerprint density at radius 3 is 1.45 bits per heavy atom. The third-order valence-electron chi connectivity index (χ3n) is 11.9. The number of ether oxygens (including phenoxy) is 2. The normalized spacial score (nSPS) is 20.7. The van der Waals surface area contributed by atoms with Crippen LogP contribution in [-0.4, -0.2) is 176 Å². The molecule has 0 aliphatic carbocycles. The average molecular weight is 1070 g/mol. The Bertz CT molecular complexity index is 1980. The minimum atomic E-state index is -0.639. The minimum Gasteiger partial charge on any atom is -0.793 e. The molecule has 3 radical (unpaired) electrons. The Balaban J connectivity index is 0.000000513. The van der Waals surface area contributed by atoms with E-state index >= 15 is 0 Å². The van der Waals surface area contributed by atoms with Gasteiger partial charge in [-0.05, 0) is 131 Å². The smallest absolute Gasteiger partial charge is 0.793 e. The van der Waals surface area contributed by atoms with E-state index in [-0.39, 0.29) is 47.5 Å². The van der Waals surface area contributed by atoms with Crippen molar-refractivity contribution < 1.29 is 82.2 Å². The summed E-state index contributed by atoms with van der Waals surface area (Å²) in [5.74, 6) is -1.52. The summed E-state index contributed by atoms with van der Waals surface area (Å²) < 4.78 is 14.4. The number of hydrogen-bond donors (Lipinski definition) is 1. The molecule has 73 heavy (non-hydrogen) atoms. The zero-order valence-corrected chi connectivity index (χ0v) is 49.5. The standard InChI is InChI=1S/C23H36ClN3O2.C13H19ClN2.C10H17NO3.C4H6O4.C2H3BO2.Na/c1-17-15-27(20-10-12-26(13-11-20)22(28)29-23(2,3)4)21(16-25(17)5)14-18-6-8-19(24)9-7-18;1-10-8-15-13(9-16(10)2)7-11-3-5-12(14)6-4-11;1-10(2,3)14-9(13)11-6-4-8(12)5-7-11;1-3(5)7-8-4(2)6;1-2(4)5-3;/h6-9,17,20-21H,10-16H2,1-5H3;3-6,10,13,15H,7-9H2,1-2H3;4-7H2,1-3H3;1-2H3;1H3;/q;;;;-1;+1/t17-,21?;10-,13?;;;;/m00..../s1. The summed E-state index contributed by atoms with van der Waals surface area (Å²) in [6.45, 7) is 26.2. The van der Waals surface area contributed by atoms with Crippen LogP contribution in [0.1, 0.15) is 113 Å². The Morgan fingerprint density at radius 2 is 1.05 bits per heavy atom. The first-order valence-corrected chi connectivity index (χ1v) is 25.4. The molecule has 4 aliphatic heterocycles. The number of carbonyl (C=O) groups is 6. The second-order valence-electron chi connectivity index (χ2n) is 20.7. The van der Waals surface area contributed by atoms with Crippen molar-refractivity contribution in [2.45, 2.75) is 156 Å². The molecule has 0 aromatic heterocycles. The molecular formula is C52H81BCl2N6NaO11. The van der Waals surface area contributed by atoms with Gasteiger partial charge in [-0.1, -0.05) is 47.5 Å². The van der Waals surface area contributed by atoms with Crippen LogP contribution in [0.5, 0.6) is 0 Å². The number of ketones is 1. The summed E-state index contributed by atoms with van der Waals surface area (Å²) in [4.78, 5) is 82.7. The van der Waals surface area contributed by atoms with Gasteiger partial charge in [0.1, 0.15) is 17.0 Å². The summed E-state index contributed by atoms with van der Waals surface area (Å²) in [7, 11) is 8.74. The first kappa shape index (κ1) is 67.6. The quantitative estimate of drug-likeness (QED) is 0.247. The van der Waals surface area contributed by atoms with Crippen molar-refractivity contribution in [1.82, 2.24) is 29.8 Å². The van der Waals surface area contributed by atoms with E-state index in [1.54, 1.807) is 4.90 Å². The monoisotopic (exact) mass is 1070 g/mol. The fourth-order valence-electron chi connectivity index (χ4n) is 7.95. The number of rotatable bonds is 5. The van der Waals surface area contributed by atoms with Gasteiger partial charge in [0.05, 0.1) is 0 Å². The summed E-state index contributed by atoms with van der Waals surface area (Å²) in [5.41, 5.74) is 1.78. The van der Waals surface area contributed by atoms with Crippen molar-refractivity contribution in [3.63, 3.8) is 0 Å². The molecule has 21 heteroatoms. The SMILES string of the molecule is CC(=O)OOC(C)=O.CC(C)(C)OC(=O)N1CCC(=O)CC1.C[C@H]1CN(C2CCN(C(=O)OC(C)(C)C)CC2)C(Cc2ccc(Cl)cc2)CN1C.C[C@H]1CNC(Cc2ccc(Cl)cc2)CN1C.[B-]OC(C)=O.[Na+]. The van der Waals surface area contributed by atoms with Crippen molar-refractivity contribution >= 4 is 67.1 Å². The zero-order valence-electron chi connectivity index (χ0n) is 46.0. The molecule has 17 nitrogen and oxygen atoms in total. The number of benzene rings is 2. The van der Waals surface area contributed by atoms with Gasteiger partial charge >= 0.3 is 53.7 Å². The fourth-order valence-corrected chi connectivity index (χ4v) is 8.20. The number of likely N-dealkylation sites (tertiary alicyclic amines) is 2. The van der Waals surface area contributed by atoms with Gasteiger partial charge in [-0.15, -0.1) is 0 Å². The van der Waals surface area contributed by atoms with E-state index in [0.717, 1.165) is 88.8 Å². The van der Waals surface area contributed by atoms with E-state index in [0.29, 0.717) is 56.1 Å². The summed E-state index contributed by atoms with van der Waals surface area (Å²) in [6.07, 6.45) is 4.54. The number of halogens is 2. The first-order chi connectivity index (χ1) is 33.5. The maximum absolute atomic E-state index is 12.4. The first-order valence-electron chi connectivity index (χ1n) is 24.6. The molecule has 4 heterocycles. The fraction of sp³-hybridized carbons (Fsp3) is 0.654. The predicted octanol–water partition coefficient (Wildman–Crippen LogP) is 4.71. The third kappa shape index (κ3) is 28.9. The van der Waals surface area contributed by atoms with Crippen LogP contribution in [0.3, 0.4) is 0 Å². The third-order valence-corrected chi connectivity index (χ3v) is 12.4. The van der Waals surface area contributed by atoms with E-state index in [2.05, 4.69) is 94.7 Å². The van der Waals surface area contributed by atoms with Gasteiger partial charge in [0.2, 0.25) is 5.97 Å². The molecule has 2 amide bonds. The van der Waals surface area contributed by atoms with E-state index in [9.17, 15) is 28.8 Å². The van der Waals surface area contributed by atoms with Crippen molar-refractivity contribution in [2.24, 2.45) is 0 Å². The molecule has 6 rings (SSSR count). The van der Waals surface area contributed by atoms with Crippen LogP contribution in [0.2, 0.25) is 10.0 Å². The number of amides is 2. The molecule has 2 aromatic rings. The second-order valence-corrected chi connectivity index (χ2v) is 21.5. The van der Waals surface area contributed by atoms with Crippen LogP contribution in [0, 0.1) is 0 Å². The minimum absolute atomic E-state index is 0. The topological polar surface area (TPSA) is 177 Å². The summed E-state index contributed by atoms with van der Waals surface area (Å²) >= 11 is 11.9. The number of hydrogen-bond acceptors (Lipinski definition) is 15. The average Bonchev–Trinajstić information content (AvgIpc) is 3.29. The van der Waals surface area contributed by atoms with Gasteiger partial charge in [0.15, 0.2) is 0 Å². The number of likely N-dealkylation sites (N-methyl/N-ethyl adjacent to an activating group) is 2. The molecule has 403 valence electrons. The number of nitrogens with one attached hydrogen (secondary N) is 1. The van der Waals surface area contributed by atoms with Crippen LogP contribution in [0.15, 0.2) is 48.5 Å². The van der Waals surface area contributed by atoms with Gasteiger partial charge in [-0.25, -0.2) is 29.0 Å². The molecule has 0 saturated carbocycles. The van der Waals surface area contributed by atoms with Crippen LogP contribution >= 0.6 is 23.2 Å². The molecule has 1 N–H and O–H groups in total. The molecule has 4 saturated heterocycles. The molecule has 0 bridgehead atoms. The van der Waals surface area contributed by atoms with Gasteiger partial charge in [0.25, 0.3) is 0 Å². The maximum Gasteiger partial charge on any atom is 1.00 e. The zero-order chi connectivity index (χ0) is 54.3. The summed E-state index contributed by atoms with van der Waals surface area (Å²) in [5, 5.41) is 5.19.